The fourth-order valence-corrected chi connectivity index (χ4v) is 2.63. The molecule has 0 fully saturated rings. The van der Waals surface area contributed by atoms with Gasteiger partial charge in [0.05, 0.1) is 10.6 Å². The van der Waals surface area contributed by atoms with Gasteiger partial charge in [-0.1, -0.05) is 57.9 Å². The van der Waals surface area contributed by atoms with Gasteiger partial charge in [0.15, 0.2) is 0 Å². The van der Waals surface area contributed by atoms with Gasteiger partial charge < -0.3 is 4.74 Å². The molecule has 0 unspecified atom stereocenters. The van der Waals surface area contributed by atoms with Gasteiger partial charge in [0.1, 0.15) is 0 Å². The molecule has 0 aromatic rings. The minimum absolute atomic E-state index is 0.322. The Labute approximate surface area is 136 Å². The predicted octanol–water partition coefficient (Wildman–Crippen LogP) is 4.11. The van der Waals surface area contributed by atoms with Crippen LogP contribution in [0.4, 0.5) is 0 Å². The normalized spacial score (nSPS) is 11.5. The molecule has 0 radical (unpaired) electrons. The zero-order valence-electron chi connectivity index (χ0n) is 12.6. The standard InChI is InChI=1S/C15H28Cl2O2Si/c1-2-14(18)19-13-11-9-7-5-3-4-6-8-10-12-15(16,17)20/h2H,1,3-13H2,20H3. The van der Waals surface area contributed by atoms with Crippen molar-refractivity contribution in [3.05, 3.63) is 12.7 Å². The molecule has 0 aromatic carbocycles. The van der Waals surface area contributed by atoms with Gasteiger partial charge in [0, 0.05) is 16.3 Å². The summed E-state index contributed by atoms with van der Waals surface area (Å²) in [7, 11) is 0.842. The van der Waals surface area contributed by atoms with Gasteiger partial charge in [-0.3, -0.25) is 0 Å². The first kappa shape index (κ1) is 20.0. The van der Waals surface area contributed by atoms with Crippen LogP contribution in [0.15, 0.2) is 12.7 Å². The molecule has 0 aliphatic carbocycles. The molecule has 5 heteroatoms. The van der Waals surface area contributed by atoms with Gasteiger partial charge in [-0.25, -0.2) is 4.79 Å². The van der Waals surface area contributed by atoms with Gasteiger partial charge in [-0.2, -0.15) is 0 Å². The molecule has 118 valence electrons. The second kappa shape index (κ2) is 12.7. The van der Waals surface area contributed by atoms with Crippen LogP contribution >= 0.6 is 23.2 Å². The Hall–Kier alpha value is 0.00688. The van der Waals surface area contributed by atoms with E-state index in [2.05, 4.69) is 6.58 Å². The maximum Gasteiger partial charge on any atom is 0.330 e. The van der Waals surface area contributed by atoms with Gasteiger partial charge >= 0.3 is 5.97 Å². The summed E-state index contributed by atoms with van der Waals surface area (Å²) in [6.45, 7) is 3.87. The maximum atomic E-state index is 10.8. The largest absolute Gasteiger partial charge is 0.463 e. The summed E-state index contributed by atoms with van der Waals surface area (Å²) in [5.41, 5.74) is 0. The number of carbonyl (C=O) groups excluding carboxylic acids is 1. The van der Waals surface area contributed by atoms with Crippen LogP contribution in [-0.2, 0) is 9.53 Å². The van der Waals surface area contributed by atoms with E-state index in [1.54, 1.807) is 0 Å². The fourth-order valence-electron chi connectivity index (χ4n) is 2.01. The van der Waals surface area contributed by atoms with Crippen LogP contribution in [0, 0.1) is 0 Å². The van der Waals surface area contributed by atoms with Crippen molar-refractivity contribution in [2.24, 2.45) is 0 Å². The second-order valence-corrected chi connectivity index (χ2v) is 10.2. The molecule has 0 aromatic heterocycles. The van der Waals surface area contributed by atoms with E-state index >= 15 is 0 Å². The second-order valence-electron chi connectivity index (χ2n) is 5.37. The van der Waals surface area contributed by atoms with E-state index in [9.17, 15) is 4.79 Å². The molecule has 0 aliphatic heterocycles. The zero-order chi connectivity index (χ0) is 15.3. The van der Waals surface area contributed by atoms with Crippen LogP contribution in [-0.4, -0.2) is 26.8 Å². The highest BCUT2D eigenvalue weighted by molar-refractivity contribution is 6.65. The molecule has 0 amide bonds. The molecule has 20 heavy (non-hydrogen) atoms. The van der Waals surface area contributed by atoms with Crippen LogP contribution < -0.4 is 0 Å². The number of ether oxygens (including phenoxy) is 1. The number of hydrogen-bond acceptors (Lipinski definition) is 2. The zero-order valence-corrected chi connectivity index (χ0v) is 16.1. The van der Waals surface area contributed by atoms with Crippen molar-refractivity contribution in [2.45, 2.75) is 68.2 Å². The van der Waals surface area contributed by atoms with Crippen LogP contribution in [0.2, 0.25) is 0 Å². The summed E-state index contributed by atoms with van der Waals surface area (Å²) < 4.78 is 4.49. The van der Waals surface area contributed by atoms with Crippen molar-refractivity contribution in [1.82, 2.24) is 0 Å². The van der Waals surface area contributed by atoms with Crippen LogP contribution in [0.5, 0.6) is 0 Å². The number of halogens is 2. The van der Waals surface area contributed by atoms with E-state index in [-0.39, 0.29) is 5.97 Å². The molecule has 0 spiro atoms. The van der Waals surface area contributed by atoms with Crippen molar-refractivity contribution in [3.63, 3.8) is 0 Å². The smallest absolute Gasteiger partial charge is 0.330 e. The van der Waals surface area contributed by atoms with Crippen LogP contribution in [0.1, 0.15) is 64.2 Å². The third-order valence-corrected chi connectivity index (χ3v) is 4.05. The summed E-state index contributed by atoms with van der Waals surface area (Å²) in [5, 5.41) is 0. The lowest BCUT2D eigenvalue weighted by atomic mass is 10.1. The Morgan fingerprint density at radius 2 is 1.45 bits per heavy atom. The van der Waals surface area contributed by atoms with Crippen LogP contribution in [0.25, 0.3) is 0 Å². The molecular weight excluding hydrogens is 311 g/mol. The molecule has 0 atom stereocenters. The minimum Gasteiger partial charge on any atom is -0.463 e. The SMILES string of the molecule is C=CC(=O)OCCCCCCCCCCCC([SiH3])(Cl)Cl. The Balaban J connectivity index is 3.10. The van der Waals surface area contributed by atoms with E-state index in [4.69, 9.17) is 27.9 Å². The summed E-state index contributed by atoms with van der Waals surface area (Å²) in [6, 6.07) is 0. The number of esters is 1. The molecule has 0 N–H and O–H groups in total. The molecule has 0 bridgehead atoms. The Kier molecular flexibility index (Phi) is 12.7. The van der Waals surface area contributed by atoms with Crippen LogP contribution in [0.3, 0.4) is 0 Å². The van der Waals surface area contributed by atoms with Crippen molar-refractivity contribution in [3.8, 4) is 0 Å². The summed E-state index contributed by atoms with van der Waals surface area (Å²) >= 11 is 12.0. The first-order chi connectivity index (χ1) is 9.45. The Morgan fingerprint density at radius 1 is 1.00 bits per heavy atom. The van der Waals surface area contributed by atoms with E-state index in [0.29, 0.717) is 6.61 Å². The summed E-state index contributed by atoms with van der Waals surface area (Å²) in [4.78, 5) is 10.8. The molecule has 0 rings (SSSR count). The van der Waals surface area contributed by atoms with E-state index in [1.807, 2.05) is 0 Å². The van der Waals surface area contributed by atoms with Gasteiger partial charge in [0.2, 0.25) is 0 Å². The summed E-state index contributed by atoms with van der Waals surface area (Å²) in [5.74, 6) is -0.322. The predicted molar refractivity (Wildman–Crippen MR) is 91.7 cm³/mol. The maximum absolute atomic E-state index is 10.8. The van der Waals surface area contributed by atoms with E-state index < -0.39 is 3.96 Å². The Morgan fingerprint density at radius 3 is 1.90 bits per heavy atom. The number of rotatable bonds is 13. The van der Waals surface area contributed by atoms with E-state index in [1.165, 1.54) is 44.6 Å². The number of hydrogen-bond donors (Lipinski definition) is 0. The third kappa shape index (κ3) is 16.1. The van der Waals surface area contributed by atoms with Gasteiger partial charge in [-0.05, 0) is 12.8 Å². The lowest BCUT2D eigenvalue weighted by Gasteiger charge is -2.12. The highest BCUT2D eigenvalue weighted by Crippen LogP contribution is 2.23. The average molecular weight is 339 g/mol. The van der Waals surface area contributed by atoms with Gasteiger partial charge in [-0.15, -0.1) is 23.2 Å². The van der Waals surface area contributed by atoms with Crippen molar-refractivity contribution in [2.75, 3.05) is 6.61 Å². The average Bonchev–Trinajstić information content (AvgIpc) is 2.38. The number of unbranched alkanes of at least 4 members (excludes halogenated alkanes) is 8. The number of carbonyl (C=O) groups is 1. The first-order valence-electron chi connectivity index (χ1n) is 7.63. The third-order valence-electron chi connectivity index (χ3n) is 3.17. The quantitative estimate of drug-likeness (QED) is 0.166. The Bertz CT molecular complexity index is 265. The lowest BCUT2D eigenvalue weighted by molar-refractivity contribution is -0.137. The summed E-state index contributed by atoms with van der Waals surface area (Å²) in [6.07, 6.45) is 13.0. The van der Waals surface area contributed by atoms with Crippen molar-refractivity contribution in [1.29, 1.82) is 0 Å². The number of alkyl halides is 2. The fraction of sp³-hybridized carbons (Fsp3) is 0.800. The van der Waals surface area contributed by atoms with Crippen molar-refractivity contribution >= 4 is 39.4 Å². The molecule has 0 saturated carbocycles. The molecule has 0 heterocycles. The first-order valence-corrected chi connectivity index (χ1v) is 9.38. The molecule has 0 saturated heterocycles. The van der Waals surface area contributed by atoms with E-state index in [0.717, 1.165) is 35.9 Å². The minimum atomic E-state index is -0.422. The molecule has 0 aliphatic rings. The van der Waals surface area contributed by atoms with Gasteiger partial charge in [0.25, 0.3) is 0 Å². The van der Waals surface area contributed by atoms with Crippen molar-refractivity contribution < 1.29 is 9.53 Å². The highest BCUT2D eigenvalue weighted by atomic mass is 35.5. The lowest BCUT2D eigenvalue weighted by Crippen LogP contribution is -2.11. The molecular formula is C15H28Cl2O2Si. The molecule has 2 nitrogen and oxygen atoms in total. The monoisotopic (exact) mass is 338 g/mol. The highest BCUT2D eigenvalue weighted by Gasteiger charge is 2.14. The topological polar surface area (TPSA) is 26.3 Å².